The van der Waals surface area contributed by atoms with Gasteiger partial charge in [-0.05, 0) is 61.9 Å². The first-order valence-corrected chi connectivity index (χ1v) is 10.3. The number of rotatable bonds is 7. The van der Waals surface area contributed by atoms with Crippen LogP contribution in [-0.4, -0.2) is 19.6 Å². The van der Waals surface area contributed by atoms with Gasteiger partial charge in [-0.3, -0.25) is 9.59 Å². The Labute approximate surface area is 190 Å². The third-order valence-electron chi connectivity index (χ3n) is 5.03. The third kappa shape index (κ3) is 5.15. The molecule has 7 heteroatoms. The zero-order valence-electron chi connectivity index (χ0n) is 18.5. The van der Waals surface area contributed by atoms with Crippen LogP contribution in [0.15, 0.2) is 76.1 Å². The van der Waals surface area contributed by atoms with Gasteiger partial charge in [0.25, 0.3) is 5.91 Å². The van der Waals surface area contributed by atoms with E-state index in [1.54, 1.807) is 49.6 Å². The molecule has 0 radical (unpaired) electrons. The molecule has 3 aromatic carbocycles. The second-order valence-corrected chi connectivity index (χ2v) is 7.52. The van der Waals surface area contributed by atoms with Crippen molar-refractivity contribution >= 4 is 22.6 Å². The van der Waals surface area contributed by atoms with Crippen LogP contribution in [0, 0.1) is 13.8 Å². The Bertz CT molecular complexity index is 1360. The summed E-state index contributed by atoms with van der Waals surface area (Å²) in [5, 5.41) is 3.17. The first-order chi connectivity index (χ1) is 15.9. The summed E-state index contributed by atoms with van der Waals surface area (Å²) in [7, 11) is 1.57. The first kappa shape index (κ1) is 22.0. The maximum atomic E-state index is 12.8. The zero-order valence-corrected chi connectivity index (χ0v) is 18.5. The molecule has 168 valence electrons. The topological polar surface area (TPSA) is 87.0 Å². The maximum Gasteiger partial charge on any atom is 0.262 e. The standard InChI is InChI=1S/C26H23NO6/c1-16-4-11-22(17(2)12-16)27-25(28)15-31-20-9-10-21-23(13-20)32-14-24(26(21)29)33-19-7-5-18(30-3)6-8-19/h4-14H,15H2,1-3H3,(H,27,28). The summed E-state index contributed by atoms with van der Waals surface area (Å²) in [5.41, 5.74) is 2.85. The van der Waals surface area contributed by atoms with Crippen LogP contribution in [0.5, 0.6) is 23.0 Å². The fourth-order valence-corrected chi connectivity index (χ4v) is 3.31. The van der Waals surface area contributed by atoms with Crippen LogP contribution in [0.1, 0.15) is 11.1 Å². The van der Waals surface area contributed by atoms with E-state index in [0.29, 0.717) is 28.2 Å². The van der Waals surface area contributed by atoms with Gasteiger partial charge in [-0.15, -0.1) is 0 Å². The van der Waals surface area contributed by atoms with Crippen molar-refractivity contribution in [3.05, 3.63) is 88.3 Å². The van der Waals surface area contributed by atoms with Gasteiger partial charge in [0.15, 0.2) is 6.61 Å². The van der Waals surface area contributed by atoms with E-state index in [2.05, 4.69) is 5.32 Å². The highest BCUT2D eigenvalue weighted by Gasteiger charge is 2.12. The Morgan fingerprint density at radius 1 is 0.939 bits per heavy atom. The molecule has 1 amide bonds. The lowest BCUT2D eigenvalue weighted by Gasteiger charge is -2.11. The van der Waals surface area contributed by atoms with Crippen molar-refractivity contribution in [3.8, 4) is 23.0 Å². The van der Waals surface area contributed by atoms with Gasteiger partial charge in [-0.2, -0.15) is 0 Å². The van der Waals surface area contributed by atoms with Crippen molar-refractivity contribution in [2.45, 2.75) is 13.8 Å². The normalized spacial score (nSPS) is 10.6. The maximum absolute atomic E-state index is 12.8. The third-order valence-corrected chi connectivity index (χ3v) is 5.03. The van der Waals surface area contributed by atoms with Crippen molar-refractivity contribution < 1.29 is 23.4 Å². The Balaban J connectivity index is 1.44. The van der Waals surface area contributed by atoms with Crippen LogP contribution in [0.2, 0.25) is 0 Å². The van der Waals surface area contributed by atoms with Crippen LogP contribution < -0.4 is 25.0 Å². The van der Waals surface area contributed by atoms with E-state index < -0.39 is 0 Å². The van der Waals surface area contributed by atoms with E-state index in [9.17, 15) is 9.59 Å². The number of benzene rings is 3. The van der Waals surface area contributed by atoms with Gasteiger partial charge in [0.1, 0.15) is 29.1 Å². The molecule has 4 aromatic rings. The molecule has 1 N–H and O–H groups in total. The molecule has 0 atom stereocenters. The molecule has 4 rings (SSSR count). The van der Waals surface area contributed by atoms with E-state index in [4.69, 9.17) is 18.6 Å². The van der Waals surface area contributed by atoms with Gasteiger partial charge < -0.3 is 23.9 Å². The molecule has 7 nitrogen and oxygen atoms in total. The number of aryl methyl sites for hydroxylation is 2. The summed E-state index contributed by atoms with van der Waals surface area (Å²) >= 11 is 0. The minimum absolute atomic E-state index is 0.0641. The van der Waals surface area contributed by atoms with Gasteiger partial charge in [-0.1, -0.05) is 17.7 Å². The lowest BCUT2D eigenvalue weighted by molar-refractivity contribution is -0.118. The van der Waals surface area contributed by atoms with Crippen LogP contribution in [0.3, 0.4) is 0 Å². The minimum Gasteiger partial charge on any atom is -0.497 e. The van der Waals surface area contributed by atoms with E-state index in [0.717, 1.165) is 16.8 Å². The summed E-state index contributed by atoms with van der Waals surface area (Å²) < 4.78 is 21.9. The van der Waals surface area contributed by atoms with Gasteiger partial charge >= 0.3 is 0 Å². The molecule has 33 heavy (non-hydrogen) atoms. The Morgan fingerprint density at radius 2 is 1.67 bits per heavy atom. The van der Waals surface area contributed by atoms with Gasteiger partial charge in [0.05, 0.1) is 12.5 Å². The Kier molecular flexibility index (Phi) is 6.31. The van der Waals surface area contributed by atoms with Gasteiger partial charge in [0, 0.05) is 11.8 Å². The van der Waals surface area contributed by atoms with Crippen LogP contribution >= 0.6 is 0 Å². The summed E-state index contributed by atoms with van der Waals surface area (Å²) in [6.45, 7) is 3.75. The number of ether oxygens (including phenoxy) is 3. The molecule has 1 aromatic heterocycles. The second kappa shape index (κ2) is 9.48. The Morgan fingerprint density at radius 3 is 2.39 bits per heavy atom. The number of methoxy groups -OCH3 is 1. The Hall–Kier alpha value is -4.26. The second-order valence-electron chi connectivity index (χ2n) is 7.52. The first-order valence-electron chi connectivity index (χ1n) is 10.3. The molecule has 0 saturated heterocycles. The predicted octanol–water partition coefficient (Wildman–Crippen LogP) is 5.23. The van der Waals surface area contributed by atoms with Crippen molar-refractivity contribution in [1.29, 1.82) is 0 Å². The molecule has 0 fully saturated rings. The molecular formula is C26H23NO6. The average molecular weight is 445 g/mol. The number of carbonyl (C=O) groups excluding carboxylic acids is 1. The fourth-order valence-electron chi connectivity index (χ4n) is 3.31. The molecule has 0 aliphatic rings. The largest absolute Gasteiger partial charge is 0.497 e. The van der Waals surface area contributed by atoms with E-state index in [1.807, 2.05) is 32.0 Å². The number of anilines is 1. The smallest absolute Gasteiger partial charge is 0.262 e. The number of hydrogen-bond acceptors (Lipinski definition) is 6. The predicted molar refractivity (Wildman–Crippen MR) is 126 cm³/mol. The minimum atomic E-state index is -0.314. The number of nitrogens with one attached hydrogen (secondary N) is 1. The monoisotopic (exact) mass is 445 g/mol. The lowest BCUT2D eigenvalue weighted by Crippen LogP contribution is -2.20. The average Bonchev–Trinajstić information content (AvgIpc) is 2.82. The molecule has 1 heterocycles. The van der Waals surface area contributed by atoms with Crippen LogP contribution in [-0.2, 0) is 4.79 Å². The number of carbonyl (C=O) groups is 1. The van der Waals surface area contributed by atoms with Crippen molar-refractivity contribution in [3.63, 3.8) is 0 Å². The molecule has 0 saturated carbocycles. The van der Waals surface area contributed by atoms with Crippen molar-refractivity contribution in [2.24, 2.45) is 0 Å². The quantitative estimate of drug-likeness (QED) is 0.419. The van der Waals surface area contributed by atoms with Crippen LogP contribution in [0.25, 0.3) is 11.0 Å². The molecule has 0 aliphatic heterocycles. The number of amides is 1. The highest BCUT2D eigenvalue weighted by Crippen LogP contribution is 2.25. The van der Waals surface area contributed by atoms with Crippen molar-refractivity contribution in [2.75, 3.05) is 19.0 Å². The lowest BCUT2D eigenvalue weighted by atomic mass is 10.1. The van der Waals surface area contributed by atoms with Crippen molar-refractivity contribution in [1.82, 2.24) is 0 Å². The molecule has 0 aliphatic carbocycles. The zero-order chi connectivity index (χ0) is 23.4. The summed E-state index contributed by atoms with van der Waals surface area (Å²) in [6, 6.07) is 17.4. The SMILES string of the molecule is COc1ccc(Oc2coc3cc(OCC(=O)Nc4ccc(C)cc4C)ccc3c2=O)cc1. The highest BCUT2D eigenvalue weighted by atomic mass is 16.5. The molecule has 0 bridgehead atoms. The highest BCUT2D eigenvalue weighted by molar-refractivity contribution is 5.92. The molecule has 0 spiro atoms. The summed E-state index contributed by atoms with van der Waals surface area (Å²) in [5.74, 6) is 1.35. The molecular weight excluding hydrogens is 422 g/mol. The van der Waals surface area contributed by atoms with E-state index in [-0.39, 0.29) is 23.7 Å². The summed E-state index contributed by atoms with van der Waals surface area (Å²) in [6.07, 6.45) is 1.26. The van der Waals surface area contributed by atoms with Crippen LogP contribution in [0.4, 0.5) is 5.69 Å². The summed E-state index contributed by atoms with van der Waals surface area (Å²) in [4.78, 5) is 25.0. The fraction of sp³-hybridized carbons (Fsp3) is 0.154. The van der Waals surface area contributed by atoms with Gasteiger partial charge in [-0.25, -0.2) is 0 Å². The van der Waals surface area contributed by atoms with Gasteiger partial charge in [0.2, 0.25) is 11.2 Å². The van der Waals surface area contributed by atoms with E-state index >= 15 is 0 Å². The number of fused-ring (bicyclic) bond motifs is 1. The molecule has 0 unspecified atom stereocenters. The number of hydrogen-bond donors (Lipinski definition) is 1. The van der Waals surface area contributed by atoms with E-state index in [1.165, 1.54) is 6.26 Å².